The molecule has 2 atom stereocenters. The molecular formula is C44H60O12. The van der Waals surface area contributed by atoms with Crippen molar-refractivity contribution in [3.63, 3.8) is 0 Å². The topological polar surface area (TPSA) is 142 Å². The van der Waals surface area contributed by atoms with Crippen molar-refractivity contribution in [2.45, 2.75) is 90.3 Å². The molecular weight excluding hydrogens is 720 g/mol. The van der Waals surface area contributed by atoms with E-state index in [4.69, 9.17) is 37.9 Å². The van der Waals surface area contributed by atoms with Crippen molar-refractivity contribution < 1.29 is 57.1 Å². The van der Waals surface area contributed by atoms with Crippen LogP contribution in [0, 0.1) is 11.8 Å². The van der Waals surface area contributed by atoms with Gasteiger partial charge in [0, 0.05) is 37.2 Å². The molecule has 0 bridgehead atoms. The van der Waals surface area contributed by atoms with Crippen LogP contribution in [0.2, 0.25) is 0 Å². The first-order valence-corrected chi connectivity index (χ1v) is 19.6. The third-order valence-corrected chi connectivity index (χ3v) is 8.95. The van der Waals surface area contributed by atoms with Gasteiger partial charge in [0.1, 0.15) is 24.7 Å². The molecule has 12 heteroatoms. The Labute approximate surface area is 331 Å². The average molecular weight is 781 g/mol. The number of carbonyl (C=O) groups is 4. The first-order valence-electron chi connectivity index (χ1n) is 19.6. The third kappa shape index (κ3) is 20.3. The number of hydrogen-bond donors (Lipinski definition) is 0. The summed E-state index contributed by atoms with van der Waals surface area (Å²) in [4.78, 5) is 48.4. The van der Waals surface area contributed by atoms with E-state index in [-0.39, 0.29) is 64.4 Å². The van der Waals surface area contributed by atoms with E-state index in [1.165, 1.54) is 0 Å². The predicted octanol–water partition coefficient (Wildman–Crippen LogP) is 7.39. The number of hydrogen-bond acceptors (Lipinski definition) is 12. The molecule has 0 amide bonds. The van der Waals surface area contributed by atoms with Gasteiger partial charge in [0.15, 0.2) is 12.2 Å². The van der Waals surface area contributed by atoms with Crippen LogP contribution in [-0.2, 0) is 47.6 Å². The standard InChI is InChI=1S/C44H60O12/c1-33(2)43(47)51-25-13-11-19-41(45)55-39(31-53-37-15-7-5-8-16-37)29-49-27-35-21-23-36(24-22-35)28-50-30-40(32-54-38-17-9-6-10-18-38)56-42(46)20-12-14-26-52-44(48)34(3)4/h5-10,15-18,35-36,39-40H,1,3,11-14,19-32H2,2,4H3. The molecule has 3 rings (SSSR count). The molecule has 2 unspecified atom stereocenters. The van der Waals surface area contributed by atoms with Gasteiger partial charge in [-0.2, -0.15) is 0 Å². The summed E-state index contributed by atoms with van der Waals surface area (Å²) in [6.07, 6.45) is 5.27. The van der Waals surface area contributed by atoms with Crippen molar-refractivity contribution in [3.05, 3.63) is 85.0 Å². The zero-order valence-corrected chi connectivity index (χ0v) is 33.1. The summed E-state index contributed by atoms with van der Waals surface area (Å²) in [7, 11) is 0. The molecule has 0 radical (unpaired) electrons. The Hall–Kier alpha value is -4.68. The van der Waals surface area contributed by atoms with Gasteiger partial charge in [-0.05, 0) is 101 Å². The van der Waals surface area contributed by atoms with Gasteiger partial charge in [-0.3, -0.25) is 9.59 Å². The Balaban J connectivity index is 1.37. The van der Waals surface area contributed by atoms with E-state index in [2.05, 4.69) is 13.2 Å². The van der Waals surface area contributed by atoms with E-state index in [9.17, 15) is 19.2 Å². The minimum atomic E-state index is -0.576. The van der Waals surface area contributed by atoms with Crippen molar-refractivity contribution >= 4 is 23.9 Å². The number of rotatable bonds is 28. The summed E-state index contributed by atoms with van der Waals surface area (Å²) < 4.78 is 45.6. The van der Waals surface area contributed by atoms with Crippen LogP contribution in [0.5, 0.6) is 11.5 Å². The van der Waals surface area contributed by atoms with Gasteiger partial charge < -0.3 is 37.9 Å². The number of unbranched alkanes of at least 4 members (excludes halogenated alkanes) is 2. The van der Waals surface area contributed by atoms with Gasteiger partial charge >= 0.3 is 23.9 Å². The smallest absolute Gasteiger partial charge is 0.333 e. The van der Waals surface area contributed by atoms with Gasteiger partial charge in [0.05, 0.1) is 26.4 Å². The van der Waals surface area contributed by atoms with E-state index in [0.717, 1.165) is 25.7 Å². The number of carbonyl (C=O) groups excluding carboxylic acids is 4. The monoisotopic (exact) mass is 780 g/mol. The molecule has 0 spiro atoms. The van der Waals surface area contributed by atoms with Crippen molar-refractivity contribution in [1.82, 2.24) is 0 Å². The van der Waals surface area contributed by atoms with Crippen molar-refractivity contribution in [1.29, 1.82) is 0 Å². The van der Waals surface area contributed by atoms with Gasteiger partial charge in [-0.15, -0.1) is 0 Å². The third-order valence-electron chi connectivity index (χ3n) is 8.95. The molecule has 56 heavy (non-hydrogen) atoms. The molecule has 1 aliphatic carbocycles. The number of para-hydroxylation sites is 2. The Kier molecular flexibility index (Phi) is 22.0. The summed E-state index contributed by atoms with van der Waals surface area (Å²) in [6.45, 7) is 12.6. The fourth-order valence-corrected chi connectivity index (χ4v) is 5.75. The highest BCUT2D eigenvalue weighted by atomic mass is 16.6. The second-order valence-corrected chi connectivity index (χ2v) is 14.2. The van der Waals surface area contributed by atoms with Gasteiger partial charge in [-0.25, -0.2) is 9.59 Å². The van der Waals surface area contributed by atoms with Crippen LogP contribution in [0.3, 0.4) is 0 Å². The van der Waals surface area contributed by atoms with E-state index in [1.54, 1.807) is 13.8 Å². The lowest BCUT2D eigenvalue weighted by molar-refractivity contribution is -0.156. The lowest BCUT2D eigenvalue weighted by Gasteiger charge is -2.29. The highest BCUT2D eigenvalue weighted by Gasteiger charge is 2.24. The molecule has 12 nitrogen and oxygen atoms in total. The minimum absolute atomic E-state index is 0.162. The molecule has 308 valence electrons. The van der Waals surface area contributed by atoms with Crippen LogP contribution in [0.25, 0.3) is 0 Å². The summed E-state index contributed by atoms with van der Waals surface area (Å²) >= 11 is 0. The second kappa shape index (κ2) is 27.0. The van der Waals surface area contributed by atoms with Gasteiger partial charge in [0.2, 0.25) is 0 Å². The number of benzene rings is 2. The summed E-state index contributed by atoms with van der Waals surface area (Å²) in [5.41, 5.74) is 0.678. The van der Waals surface area contributed by atoms with Gasteiger partial charge in [-0.1, -0.05) is 49.6 Å². The zero-order chi connectivity index (χ0) is 40.4. The van der Waals surface area contributed by atoms with Crippen molar-refractivity contribution in [3.8, 4) is 11.5 Å². The van der Waals surface area contributed by atoms with E-state index in [0.29, 0.717) is 73.4 Å². The van der Waals surface area contributed by atoms with Crippen LogP contribution in [0.15, 0.2) is 85.0 Å². The maximum atomic E-state index is 12.6. The zero-order valence-electron chi connectivity index (χ0n) is 33.1. The molecule has 1 aliphatic rings. The van der Waals surface area contributed by atoms with Crippen LogP contribution in [-0.4, -0.2) is 88.9 Å². The molecule has 0 heterocycles. The maximum Gasteiger partial charge on any atom is 0.333 e. The normalized spacial score (nSPS) is 16.1. The maximum absolute atomic E-state index is 12.6. The molecule has 1 fully saturated rings. The first kappa shape index (κ1) is 45.7. The first-order chi connectivity index (χ1) is 27.1. The highest BCUT2D eigenvalue weighted by molar-refractivity contribution is 5.87. The number of esters is 4. The minimum Gasteiger partial charge on any atom is -0.490 e. The Morgan fingerprint density at radius 2 is 0.946 bits per heavy atom. The Morgan fingerprint density at radius 3 is 1.30 bits per heavy atom. The van der Waals surface area contributed by atoms with E-state index >= 15 is 0 Å². The lowest BCUT2D eigenvalue weighted by Crippen LogP contribution is -2.32. The van der Waals surface area contributed by atoms with Gasteiger partial charge in [0.25, 0.3) is 0 Å². The summed E-state index contributed by atoms with van der Waals surface area (Å²) in [5.74, 6) is 0.507. The second-order valence-electron chi connectivity index (χ2n) is 14.2. The van der Waals surface area contributed by atoms with Crippen LogP contribution in [0.4, 0.5) is 0 Å². The Bertz CT molecular complexity index is 1360. The number of ether oxygens (including phenoxy) is 8. The van der Waals surface area contributed by atoms with Crippen LogP contribution < -0.4 is 9.47 Å². The Morgan fingerprint density at radius 1 is 0.571 bits per heavy atom. The molecule has 0 aromatic heterocycles. The molecule has 0 aliphatic heterocycles. The largest absolute Gasteiger partial charge is 0.490 e. The quantitative estimate of drug-likeness (QED) is 0.0368. The fraction of sp³-hybridized carbons (Fsp3) is 0.545. The lowest BCUT2D eigenvalue weighted by atomic mass is 9.83. The molecule has 0 N–H and O–H groups in total. The van der Waals surface area contributed by atoms with Crippen LogP contribution >= 0.6 is 0 Å². The van der Waals surface area contributed by atoms with E-state index in [1.807, 2.05) is 60.7 Å². The molecule has 2 aromatic rings. The predicted molar refractivity (Wildman–Crippen MR) is 210 cm³/mol. The fourth-order valence-electron chi connectivity index (χ4n) is 5.75. The van der Waals surface area contributed by atoms with E-state index < -0.39 is 24.1 Å². The molecule has 2 aromatic carbocycles. The summed E-state index contributed by atoms with van der Waals surface area (Å²) in [6, 6.07) is 18.7. The SMILES string of the molecule is C=C(C)C(=O)OCCCCC(=O)OC(COCC1CCC(COCC(COc2ccccc2)OC(=O)CCCCOC(=O)C(=C)C)CC1)COc1ccccc1. The van der Waals surface area contributed by atoms with Crippen molar-refractivity contribution in [2.75, 3.05) is 52.9 Å². The average Bonchev–Trinajstić information content (AvgIpc) is 3.19. The molecule has 0 saturated heterocycles. The van der Waals surface area contributed by atoms with Crippen LogP contribution in [0.1, 0.15) is 78.1 Å². The molecule has 1 saturated carbocycles. The highest BCUT2D eigenvalue weighted by Crippen LogP contribution is 2.29. The summed E-state index contributed by atoms with van der Waals surface area (Å²) in [5, 5.41) is 0. The van der Waals surface area contributed by atoms with Crippen molar-refractivity contribution in [2.24, 2.45) is 11.8 Å².